The Bertz CT molecular complexity index is 436. The molecule has 1 aromatic heterocycles. The third-order valence-corrected chi connectivity index (χ3v) is 2.92. The molecule has 0 bridgehead atoms. The van der Waals surface area contributed by atoms with Gasteiger partial charge in [0.2, 0.25) is 11.9 Å². The largest absolute Gasteiger partial charge is 0.461 e. The molecule has 0 saturated carbocycles. The summed E-state index contributed by atoms with van der Waals surface area (Å²) in [5.74, 6) is 6.18. The molecule has 2 rings (SSSR count). The van der Waals surface area contributed by atoms with Crippen LogP contribution < -0.4 is 20.9 Å². The molecule has 8 heteroatoms. The minimum absolute atomic E-state index is 0.0145. The van der Waals surface area contributed by atoms with Gasteiger partial charge in [-0.3, -0.25) is 5.43 Å². The normalized spacial score (nSPS) is 18.4. The Labute approximate surface area is 118 Å². The Morgan fingerprint density at radius 1 is 1.45 bits per heavy atom. The third-order valence-electron chi connectivity index (χ3n) is 2.92. The number of nitrogens with one attached hydrogen (secondary N) is 1. The molecule has 3 N–H and O–H groups in total. The van der Waals surface area contributed by atoms with Gasteiger partial charge in [0.25, 0.3) is 0 Å². The highest BCUT2D eigenvalue weighted by molar-refractivity contribution is 5.37. The fourth-order valence-corrected chi connectivity index (χ4v) is 2.02. The molecule has 1 aliphatic rings. The third kappa shape index (κ3) is 3.91. The number of hydrazine groups is 1. The summed E-state index contributed by atoms with van der Waals surface area (Å²) in [7, 11) is 1.91. The standard InChI is InChI=1S/C12H22N6O2/c1-8(2)20-12-15-10(17-13)14-11(16-12)18(3)7-9-5-4-6-19-9/h8-9H,4-7,13H2,1-3H3,(H,14,15,16,17). The van der Waals surface area contributed by atoms with Crippen LogP contribution in [0.3, 0.4) is 0 Å². The van der Waals surface area contributed by atoms with E-state index in [1.165, 1.54) is 0 Å². The molecule has 1 fully saturated rings. The van der Waals surface area contributed by atoms with Crippen LogP contribution >= 0.6 is 0 Å². The van der Waals surface area contributed by atoms with E-state index in [0.717, 1.165) is 26.0 Å². The number of nitrogens with zero attached hydrogens (tertiary/aromatic N) is 4. The first-order valence-electron chi connectivity index (χ1n) is 6.80. The maximum Gasteiger partial charge on any atom is 0.323 e. The molecule has 0 spiro atoms. The fraction of sp³-hybridized carbons (Fsp3) is 0.750. The lowest BCUT2D eigenvalue weighted by Crippen LogP contribution is -2.30. The predicted molar refractivity (Wildman–Crippen MR) is 75.6 cm³/mol. The summed E-state index contributed by atoms with van der Waals surface area (Å²) in [4.78, 5) is 14.5. The van der Waals surface area contributed by atoms with E-state index in [2.05, 4.69) is 20.4 Å². The Morgan fingerprint density at radius 2 is 2.25 bits per heavy atom. The molecule has 1 aliphatic heterocycles. The lowest BCUT2D eigenvalue weighted by Gasteiger charge is -2.21. The number of aromatic nitrogens is 3. The molecule has 1 saturated heterocycles. The summed E-state index contributed by atoms with van der Waals surface area (Å²) in [6, 6.07) is 0.261. The van der Waals surface area contributed by atoms with E-state index in [4.69, 9.17) is 15.3 Å². The Morgan fingerprint density at radius 3 is 2.85 bits per heavy atom. The Kier molecular flexibility index (Phi) is 4.91. The monoisotopic (exact) mass is 282 g/mol. The van der Waals surface area contributed by atoms with Gasteiger partial charge in [-0.15, -0.1) is 0 Å². The zero-order valence-corrected chi connectivity index (χ0v) is 12.2. The first-order valence-corrected chi connectivity index (χ1v) is 6.80. The van der Waals surface area contributed by atoms with E-state index in [9.17, 15) is 0 Å². The number of hydrogen-bond acceptors (Lipinski definition) is 8. The predicted octanol–water partition coefficient (Wildman–Crippen LogP) is 0.560. The van der Waals surface area contributed by atoms with Gasteiger partial charge in [0, 0.05) is 20.2 Å². The second kappa shape index (κ2) is 6.67. The van der Waals surface area contributed by atoms with E-state index in [-0.39, 0.29) is 24.2 Å². The molecule has 0 amide bonds. The lowest BCUT2D eigenvalue weighted by molar-refractivity contribution is 0.116. The summed E-state index contributed by atoms with van der Waals surface area (Å²) in [5.41, 5.74) is 2.43. The number of likely N-dealkylation sites (N-methyl/N-ethyl adjacent to an activating group) is 1. The van der Waals surface area contributed by atoms with Crippen molar-refractivity contribution in [1.29, 1.82) is 0 Å². The Balaban J connectivity index is 2.11. The molecule has 112 valence electrons. The molecule has 20 heavy (non-hydrogen) atoms. The van der Waals surface area contributed by atoms with Crippen LogP contribution in [0.2, 0.25) is 0 Å². The topological polar surface area (TPSA) is 98.4 Å². The van der Waals surface area contributed by atoms with Crippen molar-refractivity contribution < 1.29 is 9.47 Å². The van der Waals surface area contributed by atoms with Crippen molar-refractivity contribution in [2.75, 3.05) is 30.5 Å². The minimum Gasteiger partial charge on any atom is -0.461 e. The lowest BCUT2D eigenvalue weighted by atomic mass is 10.2. The number of nitrogen functional groups attached to an aromatic ring is 1. The first kappa shape index (κ1) is 14.7. The van der Waals surface area contributed by atoms with Crippen molar-refractivity contribution in [1.82, 2.24) is 15.0 Å². The SMILES string of the molecule is CC(C)Oc1nc(NN)nc(N(C)CC2CCCO2)n1. The number of anilines is 2. The van der Waals surface area contributed by atoms with Gasteiger partial charge >= 0.3 is 6.01 Å². The molecule has 0 aromatic carbocycles. The van der Waals surface area contributed by atoms with Gasteiger partial charge in [-0.05, 0) is 26.7 Å². The molecule has 2 heterocycles. The van der Waals surface area contributed by atoms with Gasteiger partial charge < -0.3 is 14.4 Å². The molecule has 0 radical (unpaired) electrons. The number of ether oxygens (including phenoxy) is 2. The van der Waals surface area contributed by atoms with Gasteiger partial charge in [0.05, 0.1) is 12.2 Å². The van der Waals surface area contributed by atoms with E-state index in [1.807, 2.05) is 25.8 Å². The van der Waals surface area contributed by atoms with E-state index >= 15 is 0 Å². The van der Waals surface area contributed by atoms with Crippen LogP contribution in [0.15, 0.2) is 0 Å². The van der Waals surface area contributed by atoms with E-state index < -0.39 is 0 Å². The molecule has 1 atom stereocenters. The second-order valence-electron chi connectivity index (χ2n) is 5.07. The average Bonchev–Trinajstić information content (AvgIpc) is 2.90. The van der Waals surface area contributed by atoms with Gasteiger partial charge in [0.1, 0.15) is 0 Å². The summed E-state index contributed by atoms with van der Waals surface area (Å²) in [6.45, 7) is 5.38. The summed E-state index contributed by atoms with van der Waals surface area (Å²) in [6.07, 6.45) is 2.37. The van der Waals surface area contributed by atoms with Crippen molar-refractivity contribution in [3.63, 3.8) is 0 Å². The summed E-state index contributed by atoms with van der Waals surface area (Å²) < 4.78 is 11.1. The quantitative estimate of drug-likeness (QED) is 0.577. The molecule has 1 aromatic rings. The van der Waals surface area contributed by atoms with Crippen LogP contribution in [0.1, 0.15) is 26.7 Å². The molecule has 8 nitrogen and oxygen atoms in total. The van der Waals surface area contributed by atoms with Crippen LogP contribution in [0.25, 0.3) is 0 Å². The van der Waals surface area contributed by atoms with E-state index in [1.54, 1.807) is 0 Å². The van der Waals surface area contributed by atoms with Crippen molar-refractivity contribution in [2.45, 2.75) is 38.9 Å². The van der Waals surface area contributed by atoms with Crippen LogP contribution in [-0.4, -0.2) is 47.4 Å². The van der Waals surface area contributed by atoms with Gasteiger partial charge in [-0.25, -0.2) is 5.84 Å². The van der Waals surface area contributed by atoms with Crippen LogP contribution in [0.5, 0.6) is 6.01 Å². The van der Waals surface area contributed by atoms with Gasteiger partial charge in [-0.2, -0.15) is 15.0 Å². The highest BCUT2D eigenvalue weighted by Gasteiger charge is 2.20. The van der Waals surface area contributed by atoms with Gasteiger partial charge in [-0.1, -0.05) is 0 Å². The number of hydrogen-bond donors (Lipinski definition) is 2. The highest BCUT2D eigenvalue weighted by atomic mass is 16.5. The molecule has 0 aliphatic carbocycles. The smallest absolute Gasteiger partial charge is 0.323 e. The van der Waals surface area contributed by atoms with Crippen molar-refractivity contribution in [3.05, 3.63) is 0 Å². The molecule has 1 unspecified atom stereocenters. The average molecular weight is 282 g/mol. The van der Waals surface area contributed by atoms with Crippen molar-refractivity contribution in [2.24, 2.45) is 5.84 Å². The minimum atomic E-state index is -0.0145. The van der Waals surface area contributed by atoms with Crippen molar-refractivity contribution in [3.8, 4) is 6.01 Å². The second-order valence-corrected chi connectivity index (χ2v) is 5.07. The molecular weight excluding hydrogens is 260 g/mol. The first-order chi connectivity index (χ1) is 9.58. The number of nitrogens with two attached hydrogens (primary N) is 1. The van der Waals surface area contributed by atoms with Crippen molar-refractivity contribution >= 4 is 11.9 Å². The summed E-state index contributed by atoms with van der Waals surface area (Å²) in [5, 5.41) is 0. The maximum absolute atomic E-state index is 5.61. The zero-order valence-electron chi connectivity index (χ0n) is 12.2. The van der Waals surface area contributed by atoms with Crippen LogP contribution in [0.4, 0.5) is 11.9 Å². The zero-order chi connectivity index (χ0) is 14.5. The van der Waals surface area contributed by atoms with E-state index in [0.29, 0.717) is 5.95 Å². The summed E-state index contributed by atoms with van der Waals surface area (Å²) >= 11 is 0. The fourth-order valence-electron chi connectivity index (χ4n) is 2.02. The molecular formula is C12H22N6O2. The van der Waals surface area contributed by atoms with Gasteiger partial charge in [0.15, 0.2) is 0 Å². The Hall–Kier alpha value is -1.67. The maximum atomic E-state index is 5.61. The highest BCUT2D eigenvalue weighted by Crippen LogP contribution is 2.18. The number of rotatable bonds is 6. The van der Waals surface area contributed by atoms with Crippen LogP contribution in [0, 0.1) is 0 Å². The van der Waals surface area contributed by atoms with Crippen LogP contribution in [-0.2, 0) is 4.74 Å².